The highest BCUT2D eigenvalue weighted by molar-refractivity contribution is 9.09. The summed E-state index contributed by atoms with van der Waals surface area (Å²) in [5.74, 6) is 3.42. The van der Waals surface area contributed by atoms with Gasteiger partial charge in [-0.25, -0.2) is 0 Å². The van der Waals surface area contributed by atoms with Crippen molar-refractivity contribution in [1.29, 1.82) is 0 Å². The minimum Gasteiger partial charge on any atom is -0.390 e. The van der Waals surface area contributed by atoms with Gasteiger partial charge in [-0.3, -0.25) is 4.79 Å². The van der Waals surface area contributed by atoms with Crippen molar-refractivity contribution in [2.24, 2.45) is 40.4 Å². The molecular formula is C23H37BrO3. The van der Waals surface area contributed by atoms with Gasteiger partial charge in [0.25, 0.3) is 0 Å². The molecule has 0 aromatic rings. The Morgan fingerprint density at radius 3 is 2.56 bits per heavy atom. The number of alkyl halides is 1. The zero-order valence-electron chi connectivity index (χ0n) is 17.3. The van der Waals surface area contributed by atoms with E-state index in [-0.39, 0.29) is 16.7 Å². The van der Waals surface area contributed by atoms with Crippen LogP contribution in [-0.2, 0) is 9.53 Å². The lowest BCUT2D eigenvalue weighted by Crippen LogP contribution is -2.58. The number of Topliss-reactive ketones (excluding diaryl/α,β-unsaturated/α-hetero) is 1. The van der Waals surface area contributed by atoms with E-state index in [9.17, 15) is 9.90 Å². The molecular weight excluding hydrogens is 404 g/mol. The average molecular weight is 441 g/mol. The fourth-order valence-electron chi connectivity index (χ4n) is 8.41. The van der Waals surface area contributed by atoms with Crippen molar-refractivity contribution in [3.05, 3.63) is 0 Å². The van der Waals surface area contributed by atoms with Gasteiger partial charge in [0, 0.05) is 13.0 Å². The van der Waals surface area contributed by atoms with E-state index in [2.05, 4.69) is 22.9 Å². The van der Waals surface area contributed by atoms with Gasteiger partial charge in [-0.2, -0.15) is 0 Å². The monoisotopic (exact) mass is 440 g/mol. The summed E-state index contributed by atoms with van der Waals surface area (Å²) in [7, 11) is 1.86. The van der Waals surface area contributed by atoms with Crippen LogP contribution in [0.15, 0.2) is 0 Å². The van der Waals surface area contributed by atoms with Gasteiger partial charge in [-0.15, -0.1) is 0 Å². The van der Waals surface area contributed by atoms with Gasteiger partial charge in [0.05, 0.1) is 17.5 Å². The molecule has 4 fully saturated rings. The van der Waals surface area contributed by atoms with Crippen LogP contribution in [0, 0.1) is 40.4 Å². The number of aliphatic hydroxyl groups is 1. The second-order valence-electron chi connectivity index (χ2n) is 10.8. The Kier molecular flexibility index (Phi) is 5.34. The predicted octanol–water partition coefficient (Wildman–Crippen LogP) is 4.99. The smallest absolute Gasteiger partial charge is 0.147 e. The third kappa shape index (κ3) is 3.08. The van der Waals surface area contributed by atoms with E-state index in [1.807, 2.05) is 14.0 Å². The molecule has 0 aromatic carbocycles. The standard InChI is InChI=1S/C23H37BrO3/c1-21(26)10-11-23(14-27-3)15(12-21)4-5-16-17-6-7-19(20(25)13-24)22(17,2)9-8-18(16)23/h15-19,26H,4-14H2,1-3H3/t15-,16+,17+,18+,19-,21-,22+,23-/m1/s1. The van der Waals surface area contributed by atoms with Crippen molar-refractivity contribution >= 4 is 21.7 Å². The quantitative estimate of drug-likeness (QED) is 0.626. The highest BCUT2D eigenvalue weighted by Crippen LogP contribution is 2.68. The van der Waals surface area contributed by atoms with Gasteiger partial charge in [0.15, 0.2) is 0 Å². The van der Waals surface area contributed by atoms with Crippen LogP contribution in [0.1, 0.15) is 71.6 Å². The normalized spacial score (nSPS) is 52.0. The van der Waals surface area contributed by atoms with Crippen molar-refractivity contribution < 1.29 is 14.6 Å². The molecule has 154 valence electrons. The first kappa shape index (κ1) is 20.3. The van der Waals surface area contributed by atoms with Crippen molar-refractivity contribution in [3.8, 4) is 0 Å². The summed E-state index contributed by atoms with van der Waals surface area (Å²) in [6.45, 7) is 5.30. The molecule has 4 heteroatoms. The minimum absolute atomic E-state index is 0.202. The number of ether oxygens (including phenoxy) is 1. The van der Waals surface area contributed by atoms with Gasteiger partial charge in [0.2, 0.25) is 0 Å². The lowest BCUT2D eigenvalue weighted by molar-refractivity contribution is -0.175. The van der Waals surface area contributed by atoms with E-state index in [1.165, 1.54) is 32.1 Å². The first-order chi connectivity index (χ1) is 12.8. The molecule has 0 bridgehead atoms. The maximum absolute atomic E-state index is 12.6. The molecule has 3 nitrogen and oxygen atoms in total. The van der Waals surface area contributed by atoms with Crippen LogP contribution in [0.4, 0.5) is 0 Å². The first-order valence-electron chi connectivity index (χ1n) is 11.1. The summed E-state index contributed by atoms with van der Waals surface area (Å²) in [6, 6.07) is 0. The van der Waals surface area contributed by atoms with Crippen LogP contribution in [-0.4, -0.2) is 35.5 Å². The third-order valence-corrected chi connectivity index (χ3v) is 10.1. The Labute approximate surface area is 173 Å². The molecule has 0 radical (unpaired) electrons. The van der Waals surface area contributed by atoms with Crippen LogP contribution in [0.5, 0.6) is 0 Å². The SMILES string of the molecule is COC[C@]12CC[C@@](C)(O)C[C@H]1CC[C@H]1[C@@H]3CC[C@H](C(=O)CBr)[C@@]3(C)CC[C@@H]12. The number of methoxy groups -OCH3 is 1. The molecule has 0 amide bonds. The zero-order chi connectivity index (χ0) is 19.4. The first-order valence-corrected chi connectivity index (χ1v) is 12.2. The molecule has 4 saturated carbocycles. The van der Waals surface area contributed by atoms with Gasteiger partial charge in [-0.05, 0) is 99.2 Å². The Morgan fingerprint density at radius 1 is 1.07 bits per heavy atom. The molecule has 0 saturated heterocycles. The van der Waals surface area contributed by atoms with E-state index >= 15 is 0 Å². The maximum atomic E-state index is 12.6. The molecule has 4 aliphatic carbocycles. The molecule has 0 unspecified atom stereocenters. The molecule has 0 heterocycles. The topological polar surface area (TPSA) is 46.5 Å². The van der Waals surface area contributed by atoms with E-state index in [4.69, 9.17) is 4.74 Å². The highest BCUT2D eigenvalue weighted by atomic mass is 79.9. The lowest BCUT2D eigenvalue weighted by atomic mass is 9.43. The Morgan fingerprint density at radius 2 is 1.85 bits per heavy atom. The Bertz CT molecular complexity index is 590. The maximum Gasteiger partial charge on any atom is 0.147 e. The summed E-state index contributed by atoms with van der Waals surface area (Å²) in [6.07, 6.45) is 10.2. The fourth-order valence-corrected chi connectivity index (χ4v) is 8.80. The van der Waals surface area contributed by atoms with E-state index in [1.54, 1.807) is 0 Å². The second kappa shape index (κ2) is 7.09. The predicted molar refractivity (Wildman–Crippen MR) is 111 cm³/mol. The van der Waals surface area contributed by atoms with E-state index < -0.39 is 5.60 Å². The Hall–Kier alpha value is 0.0700. The van der Waals surface area contributed by atoms with Gasteiger partial charge < -0.3 is 9.84 Å². The van der Waals surface area contributed by atoms with Gasteiger partial charge in [-0.1, -0.05) is 22.9 Å². The average Bonchev–Trinajstić information content (AvgIpc) is 2.98. The largest absolute Gasteiger partial charge is 0.390 e. The van der Waals surface area contributed by atoms with Gasteiger partial charge in [0.1, 0.15) is 5.78 Å². The summed E-state index contributed by atoms with van der Waals surface area (Å²) in [5.41, 5.74) is -0.0509. The van der Waals surface area contributed by atoms with Crippen molar-refractivity contribution in [2.45, 2.75) is 77.2 Å². The number of halogens is 1. The molecule has 0 aliphatic heterocycles. The highest BCUT2D eigenvalue weighted by Gasteiger charge is 2.62. The van der Waals surface area contributed by atoms with Gasteiger partial charge >= 0.3 is 0 Å². The second-order valence-corrected chi connectivity index (χ2v) is 11.4. The summed E-state index contributed by atoms with van der Waals surface area (Å²) >= 11 is 3.43. The molecule has 0 spiro atoms. The number of carbonyl (C=O) groups is 1. The number of carbonyl (C=O) groups excluding carboxylic acids is 1. The van der Waals surface area contributed by atoms with E-state index in [0.29, 0.717) is 28.9 Å². The molecule has 27 heavy (non-hydrogen) atoms. The van der Waals surface area contributed by atoms with Crippen molar-refractivity contribution in [3.63, 3.8) is 0 Å². The third-order valence-electron chi connectivity index (χ3n) is 9.59. The van der Waals surface area contributed by atoms with Crippen LogP contribution in [0.25, 0.3) is 0 Å². The fraction of sp³-hybridized carbons (Fsp3) is 0.957. The molecule has 1 N–H and O–H groups in total. The summed E-state index contributed by atoms with van der Waals surface area (Å²) in [5, 5.41) is 11.2. The lowest BCUT2D eigenvalue weighted by Gasteiger charge is -2.62. The molecule has 8 atom stereocenters. The van der Waals surface area contributed by atoms with Crippen LogP contribution in [0.3, 0.4) is 0 Å². The summed E-state index contributed by atoms with van der Waals surface area (Å²) in [4.78, 5) is 12.6. The van der Waals surface area contributed by atoms with Crippen LogP contribution < -0.4 is 0 Å². The Balaban J connectivity index is 1.63. The number of hydrogen-bond donors (Lipinski definition) is 1. The number of rotatable bonds is 4. The minimum atomic E-state index is -0.501. The molecule has 0 aromatic heterocycles. The van der Waals surface area contributed by atoms with Crippen molar-refractivity contribution in [2.75, 3.05) is 19.0 Å². The molecule has 4 rings (SSSR count). The molecule has 4 aliphatic rings. The van der Waals surface area contributed by atoms with Crippen LogP contribution in [0.2, 0.25) is 0 Å². The number of fused-ring (bicyclic) bond motifs is 5. The van der Waals surface area contributed by atoms with E-state index in [0.717, 1.165) is 38.2 Å². The zero-order valence-corrected chi connectivity index (χ0v) is 18.9. The van der Waals surface area contributed by atoms with Crippen LogP contribution >= 0.6 is 15.9 Å². The van der Waals surface area contributed by atoms with Crippen molar-refractivity contribution in [1.82, 2.24) is 0 Å². The number of hydrogen-bond acceptors (Lipinski definition) is 3. The number of ketones is 1. The summed E-state index contributed by atoms with van der Waals surface area (Å²) < 4.78 is 5.83.